The van der Waals surface area contributed by atoms with Crippen LogP contribution in [0.1, 0.15) is 16.8 Å². The van der Waals surface area contributed by atoms with E-state index in [2.05, 4.69) is 92.0 Å². The molecule has 0 unspecified atom stereocenters. The molecular formula is C21H22N2O4S2. The second-order valence-electron chi connectivity index (χ2n) is 6.82. The van der Waals surface area contributed by atoms with Gasteiger partial charge >= 0.3 is 0 Å². The quantitative estimate of drug-likeness (QED) is 0.359. The fourth-order valence-electron chi connectivity index (χ4n) is 3.36. The number of para-hydroxylation sites is 1. The van der Waals surface area contributed by atoms with Crippen molar-refractivity contribution in [3.05, 3.63) is 70.4 Å². The average molecular weight is 431 g/mol. The molecule has 2 aromatic carbocycles. The van der Waals surface area contributed by atoms with Gasteiger partial charge in [-0.25, -0.2) is 8.42 Å². The first kappa shape index (κ1) is 21.3. The molecule has 0 radical (unpaired) electrons. The van der Waals surface area contributed by atoms with Gasteiger partial charge in [0.2, 0.25) is 21.6 Å². The molecule has 2 heterocycles. The molecule has 152 valence electrons. The lowest BCUT2D eigenvalue weighted by atomic mass is 10.1. The highest BCUT2D eigenvalue weighted by molar-refractivity contribution is 8.04. The van der Waals surface area contributed by atoms with Gasteiger partial charge in [0.25, 0.3) is 0 Å². The largest absolute Gasteiger partial charge is 0.726 e. The summed E-state index contributed by atoms with van der Waals surface area (Å²) in [6.07, 6.45) is 2.29. The van der Waals surface area contributed by atoms with Gasteiger partial charge in [-0.05, 0) is 37.1 Å². The minimum absolute atomic E-state index is 1.21. The highest BCUT2D eigenvalue weighted by Crippen LogP contribution is 2.48. The summed E-state index contributed by atoms with van der Waals surface area (Å²) in [5.74, 6) is 0. The summed E-state index contributed by atoms with van der Waals surface area (Å²) in [7, 11) is -0.615. The summed E-state index contributed by atoms with van der Waals surface area (Å²) < 4.78 is 35.1. The third-order valence-electron chi connectivity index (χ3n) is 4.79. The Labute approximate surface area is 175 Å². The van der Waals surface area contributed by atoms with Crippen molar-refractivity contribution in [1.82, 2.24) is 0 Å². The molecule has 3 aromatic rings. The molecular weight excluding hydrogens is 408 g/mol. The second kappa shape index (κ2) is 8.16. The molecule has 0 saturated heterocycles. The summed E-state index contributed by atoms with van der Waals surface area (Å²) in [5, 5.41) is 2.54. The lowest BCUT2D eigenvalue weighted by Gasteiger charge is -2.15. The smallest absolute Gasteiger partial charge is 0.215 e. The van der Waals surface area contributed by atoms with Crippen molar-refractivity contribution in [1.29, 1.82) is 0 Å². The zero-order valence-corrected chi connectivity index (χ0v) is 18.2. The van der Waals surface area contributed by atoms with Crippen molar-refractivity contribution in [2.75, 3.05) is 11.9 Å². The Kier molecular flexibility index (Phi) is 6.00. The van der Waals surface area contributed by atoms with Gasteiger partial charge in [-0.15, -0.1) is 0 Å². The second-order valence-corrected chi connectivity index (χ2v) is 8.71. The number of anilines is 1. The minimum atomic E-state index is -4.92. The van der Waals surface area contributed by atoms with E-state index in [4.69, 9.17) is 17.5 Å². The van der Waals surface area contributed by atoms with Crippen LogP contribution in [0.3, 0.4) is 0 Å². The van der Waals surface area contributed by atoms with Crippen molar-refractivity contribution in [3.63, 3.8) is 0 Å². The zero-order chi connectivity index (χ0) is 21.3. The molecule has 0 atom stereocenters. The first-order valence-electron chi connectivity index (χ1n) is 8.86. The first-order chi connectivity index (χ1) is 13.6. The number of benzene rings is 2. The summed E-state index contributed by atoms with van der Waals surface area (Å²) >= 11 is 1.87. The maximum Gasteiger partial charge on any atom is 0.215 e. The summed E-state index contributed by atoms with van der Waals surface area (Å²) in [6, 6.07) is 17.3. The SMILES string of the molecule is Cc1ccc(C)c2c1S/C(=C\c1ccc3ccccc3[n+]1C)N2C.O=S(=O)([O-])O. The standard InChI is InChI=1S/C21H21N2S.H2O4S/c1-14-9-10-15(2)21-20(14)23(4)19(24-21)13-17-12-11-16-7-5-6-8-18(16)22(17)3;1-5(2,3)4/h5-13H,1-4H3;(H2,1,2,3,4)/q+1;/p-1. The Morgan fingerprint density at radius 3 is 2.34 bits per heavy atom. The van der Waals surface area contributed by atoms with Crippen LogP contribution in [0.2, 0.25) is 0 Å². The summed E-state index contributed by atoms with van der Waals surface area (Å²) in [4.78, 5) is 3.70. The molecule has 4 rings (SSSR count). The van der Waals surface area contributed by atoms with Gasteiger partial charge in [-0.1, -0.05) is 36.0 Å². The van der Waals surface area contributed by atoms with Gasteiger partial charge in [-0.3, -0.25) is 4.55 Å². The molecule has 6 nitrogen and oxygen atoms in total. The number of hydrogen-bond donors (Lipinski definition) is 1. The monoisotopic (exact) mass is 430 g/mol. The van der Waals surface area contributed by atoms with Gasteiger partial charge in [0.1, 0.15) is 7.05 Å². The molecule has 0 spiro atoms. The van der Waals surface area contributed by atoms with Crippen molar-refractivity contribution in [2.45, 2.75) is 18.7 Å². The Bertz CT molecular complexity index is 1210. The predicted molar refractivity (Wildman–Crippen MR) is 116 cm³/mol. The number of aromatic nitrogens is 1. The van der Waals surface area contributed by atoms with E-state index in [0.29, 0.717) is 0 Å². The van der Waals surface area contributed by atoms with E-state index in [0.717, 1.165) is 0 Å². The van der Waals surface area contributed by atoms with Gasteiger partial charge in [-0.2, -0.15) is 4.57 Å². The first-order valence-corrected chi connectivity index (χ1v) is 11.0. The van der Waals surface area contributed by atoms with Gasteiger partial charge < -0.3 is 9.45 Å². The number of rotatable bonds is 1. The Morgan fingerprint density at radius 1 is 1.07 bits per heavy atom. The van der Waals surface area contributed by atoms with E-state index in [1.807, 2.05) is 11.8 Å². The van der Waals surface area contributed by atoms with E-state index in [-0.39, 0.29) is 0 Å². The summed E-state index contributed by atoms with van der Waals surface area (Å²) in [5.41, 5.74) is 6.49. The van der Waals surface area contributed by atoms with Crippen molar-refractivity contribution >= 4 is 44.8 Å². The van der Waals surface area contributed by atoms with Crippen LogP contribution in [0.5, 0.6) is 0 Å². The van der Waals surface area contributed by atoms with Crippen LogP contribution in [0.4, 0.5) is 5.69 Å². The topological polar surface area (TPSA) is 84.6 Å². The third-order valence-corrected chi connectivity index (χ3v) is 6.11. The fraction of sp³-hybridized carbons (Fsp3) is 0.190. The molecule has 1 aromatic heterocycles. The van der Waals surface area contributed by atoms with E-state index < -0.39 is 10.4 Å². The lowest BCUT2D eigenvalue weighted by Crippen LogP contribution is -2.32. The van der Waals surface area contributed by atoms with Crippen LogP contribution >= 0.6 is 11.8 Å². The maximum atomic E-state index is 8.63. The number of aryl methyl sites for hydroxylation is 3. The molecule has 0 saturated carbocycles. The van der Waals surface area contributed by atoms with Gasteiger partial charge in [0, 0.05) is 35.5 Å². The number of thioether (sulfide) groups is 1. The van der Waals surface area contributed by atoms with Gasteiger partial charge in [0.05, 0.1) is 10.7 Å². The number of nitrogens with zero attached hydrogens (tertiary/aromatic N) is 2. The molecule has 1 aliphatic heterocycles. The van der Waals surface area contributed by atoms with E-state index in [1.54, 1.807) is 0 Å². The highest BCUT2D eigenvalue weighted by atomic mass is 32.3. The van der Waals surface area contributed by atoms with Crippen LogP contribution in [-0.2, 0) is 17.4 Å². The molecule has 29 heavy (non-hydrogen) atoms. The molecule has 1 N–H and O–H groups in total. The van der Waals surface area contributed by atoms with Crippen LogP contribution in [0, 0.1) is 13.8 Å². The molecule has 1 aliphatic rings. The fourth-order valence-corrected chi connectivity index (χ4v) is 4.60. The molecule has 8 heteroatoms. The number of pyridine rings is 1. The molecule has 0 aliphatic carbocycles. The van der Waals surface area contributed by atoms with Crippen LogP contribution in [0.25, 0.3) is 17.0 Å². The molecule has 0 fully saturated rings. The lowest BCUT2D eigenvalue weighted by molar-refractivity contribution is -0.646. The Morgan fingerprint density at radius 2 is 1.69 bits per heavy atom. The van der Waals surface area contributed by atoms with Crippen LogP contribution in [0.15, 0.2) is 58.5 Å². The normalized spacial score (nSPS) is 14.7. The Hall–Kier alpha value is -2.39. The molecule has 0 bridgehead atoms. The zero-order valence-electron chi connectivity index (χ0n) is 16.6. The van der Waals surface area contributed by atoms with E-state index in [9.17, 15) is 0 Å². The highest BCUT2D eigenvalue weighted by Gasteiger charge is 2.26. The van der Waals surface area contributed by atoms with Crippen LogP contribution < -0.4 is 9.47 Å². The average Bonchev–Trinajstić information content (AvgIpc) is 2.97. The van der Waals surface area contributed by atoms with E-state index in [1.165, 1.54) is 43.3 Å². The van der Waals surface area contributed by atoms with Gasteiger partial charge in [0.15, 0.2) is 0 Å². The Balaban J connectivity index is 0.000000431. The van der Waals surface area contributed by atoms with Crippen LogP contribution in [-0.4, -0.2) is 24.6 Å². The van der Waals surface area contributed by atoms with E-state index >= 15 is 0 Å². The predicted octanol–water partition coefficient (Wildman–Crippen LogP) is 3.83. The molecule has 0 amide bonds. The van der Waals surface area contributed by atoms with Crippen molar-refractivity contribution < 1.29 is 22.1 Å². The van der Waals surface area contributed by atoms with Crippen molar-refractivity contribution in [2.24, 2.45) is 7.05 Å². The number of hydrogen-bond acceptors (Lipinski definition) is 5. The summed E-state index contributed by atoms with van der Waals surface area (Å²) in [6.45, 7) is 4.38. The number of fused-ring (bicyclic) bond motifs is 2. The maximum absolute atomic E-state index is 8.63. The minimum Gasteiger partial charge on any atom is -0.726 e. The van der Waals surface area contributed by atoms with Crippen molar-refractivity contribution in [3.8, 4) is 0 Å². The third kappa shape index (κ3) is 4.79.